The van der Waals surface area contributed by atoms with Gasteiger partial charge in [0.05, 0.1) is 18.0 Å². The molecule has 0 bridgehead atoms. The number of aryl methyl sites for hydroxylation is 1. The largest absolute Gasteiger partial charge is 0.350 e. The molecule has 1 atom stereocenters. The van der Waals surface area contributed by atoms with Gasteiger partial charge in [0, 0.05) is 29.7 Å². The van der Waals surface area contributed by atoms with E-state index in [9.17, 15) is 0 Å². The SMILES string of the molecule is CCC(C#N)c1ncc(-c2cn(C)c3ccccc23)[nH]1. The van der Waals surface area contributed by atoms with E-state index in [1.807, 2.05) is 32.3 Å². The number of para-hydroxylation sites is 1. The van der Waals surface area contributed by atoms with Crippen molar-refractivity contribution >= 4 is 10.9 Å². The molecule has 3 rings (SSSR count). The van der Waals surface area contributed by atoms with Gasteiger partial charge in [-0.3, -0.25) is 0 Å². The number of imidazole rings is 1. The highest BCUT2D eigenvalue weighted by Gasteiger charge is 2.15. The fraction of sp³-hybridized carbons (Fsp3) is 0.250. The number of fused-ring (bicyclic) bond motifs is 1. The monoisotopic (exact) mass is 264 g/mol. The predicted octanol–water partition coefficient (Wildman–Crippen LogP) is 3.59. The molecule has 0 spiro atoms. The minimum Gasteiger partial charge on any atom is -0.350 e. The standard InChI is InChI=1S/C16H16N4/c1-3-11(8-17)16-18-9-14(19-16)13-10-20(2)15-7-5-4-6-12(13)15/h4-7,9-11H,3H2,1-2H3,(H,18,19). The first-order valence-electron chi connectivity index (χ1n) is 6.73. The summed E-state index contributed by atoms with van der Waals surface area (Å²) >= 11 is 0. The molecule has 1 unspecified atom stereocenters. The summed E-state index contributed by atoms with van der Waals surface area (Å²) in [5, 5.41) is 10.3. The fourth-order valence-corrected chi connectivity index (χ4v) is 2.55. The molecule has 0 saturated carbocycles. The molecular weight excluding hydrogens is 248 g/mol. The van der Waals surface area contributed by atoms with Crippen LogP contribution in [0, 0.1) is 11.3 Å². The minimum atomic E-state index is -0.168. The smallest absolute Gasteiger partial charge is 0.123 e. The number of nitrogens with one attached hydrogen (secondary N) is 1. The molecule has 0 amide bonds. The molecule has 0 aliphatic rings. The molecule has 1 aromatic carbocycles. The molecule has 0 fully saturated rings. The first kappa shape index (κ1) is 12.5. The molecule has 1 N–H and O–H groups in total. The number of aromatic amines is 1. The van der Waals surface area contributed by atoms with Crippen LogP contribution in [0.25, 0.3) is 22.2 Å². The summed E-state index contributed by atoms with van der Waals surface area (Å²) in [4.78, 5) is 7.65. The summed E-state index contributed by atoms with van der Waals surface area (Å²) in [6, 6.07) is 10.5. The second-order valence-electron chi connectivity index (χ2n) is 4.94. The van der Waals surface area contributed by atoms with Gasteiger partial charge in [0.15, 0.2) is 0 Å². The Labute approximate surface area is 117 Å². The topological polar surface area (TPSA) is 57.4 Å². The van der Waals surface area contributed by atoms with E-state index in [0.29, 0.717) is 0 Å². The lowest BCUT2D eigenvalue weighted by Gasteiger charge is -2.00. The Bertz CT molecular complexity index is 788. The van der Waals surface area contributed by atoms with Crippen molar-refractivity contribution in [2.45, 2.75) is 19.3 Å². The van der Waals surface area contributed by atoms with Gasteiger partial charge in [-0.25, -0.2) is 4.98 Å². The van der Waals surface area contributed by atoms with Crippen molar-refractivity contribution in [3.05, 3.63) is 42.5 Å². The minimum absolute atomic E-state index is 0.168. The van der Waals surface area contributed by atoms with Crippen LogP contribution in [0.1, 0.15) is 25.1 Å². The third-order valence-corrected chi connectivity index (χ3v) is 3.68. The number of nitriles is 1. The lowest BCUT2D eigenvalue weighted by Crippen LogP contribution is -1.95. The quantitative estimate of drug-likeness (QED) is 0.786. The van der Waals surface area contributed by atoms with Gasteiger partial charge in [0.1, 0.15) is 11.7 Å². The Hall–Kier alpha value is -2.54. The highest BCUT2D eigenvalue weighted by atomic mass is 14.9. The van der Waals surface area contributed by atoms with Gasteiger partial charge in [0.25, 0.3) is 0 Å². The van der Waals surface area contributed by atoms with E-state index >= 15 is 0 Å². The van der Waals surface area contributed by atoms with Crippen LogP contribution in [0.3, 0.4) is 0 Å². The van der Waals surface area contributed by atoms with Crippen LogP contribution in [0.4, 0.5) is 0 Å². The van der Waals surface area contributed by atoms with Crippen LogP contribution in [-0.4, -0.2) is 14.5 Å². The lowest BCUT2D eigenvalue weighted by atomic mass is 10.1. The second kappa shape index (κ2) is 4.86. The van der Waals surface area contributed by atoms with Crippen molar-refractivity contribution < 1.29 is 0 Å². The van der Waals surface area contributed by atoms with Gasteiger partial charge in [0.2, 0.25) is 0 Å². The Morgan fingerprint density at radius 3 is 2.95 bits per heavy atom. The molecule has 0 aliphatic carbocycles. The lowest BCUT2D eigenvalue weighted by molar-refractivity contribution is 0.766. The van der Waals surface area contributed by atoms with Crippen LogP contribution in [0.2, 0.25) is 0 Å². The summed E-state index contributed by atoms with van der Waals surface area (Å²) in [6.07, 6.45) is 4.67. The third kappa shape index (κ3) is 1.88. The van der Waals surface area contributed by atoms with Crippen molar-refractivity contribution in [1.82, 2.24) is 14.5 Å². The molecule has 4 heteroatoms. The maximum Gasteiger partial charge on any atom is 0.123 e. The van der Waals surface area contributed by atoms with E-state index in [-0.39, 0.29) is 5.92 Å². The molecule has 100 valence electrons. The predicted molar refractivity (Wildman–Crippen MR) is 79.1 cm³/mol. The van der Waals surface area contributed by atoms with Gasteiger partial charge in [-0.15, -0.1) is 0 Å². The summed E-state index contributed by atoms with van der Waals surface area (Å²) in [5.74, 6) is 0.580. The number of benzene rings is 1. The van der Waals surface area contributed by atoms with Crippen LogP contribution in [0.5, 0.6) is 0 Å². The normalized spacial score (nSPS) is 12.4. The molecule has 2 heterocycles. The maximum atomic E-state index is 9.12. The van der Waals surface area contributed by atoms with Crippen LogP contribution in [-0.2, 0) is 7.05 Å². The number of rotatable bonds is 3. The van der Waals surface area contributed by atoms with Gasteiger partial charge in [-0.05, 0) is 12.5 Å². The second-order valence-corrected chi connectivity index (χ2v) is 4.94. The third-order valence-electron chi connectivity index (χ3n) is 3.68. The van der Waals surface area contributed by atoms with E-state index in [1.54, 1.807) is 0 Å². The van der Waals surface area contributed by atoms with Crippen LogP contribution < -0.4 is 0 Å². The zero-order valence-electron chi connectivity index (χ0n) is 11.6. The molecule has 2 aromatic heterocycles. The number of hydrogen-bond donors (Lipinski definition) is 1. The van der Waals surface area contributed by atoms with Gasteiger partial charge in [-0.2, -0.15) is 5.26 Å². The molecule has 3 aromatic rings. The Morgan fingerprint density at radius 1 is 1.40 bits per heavy atom. The van der Waals surface area contributed by atoms with E-state index in [4.69, 9.17) is 5.26 Å². The number of nitrogens with zero attached hydrogens (tertiary/aromatic N) is 3. The summed E-state index contributed by atoms with van der Waals surface area (Å²) < 4.78 is 2.10. The van der Waals surface area contributed by atoms with E-state index in [1.165, 1.54) is 10.9 Å². The Morgan fingerprint density at radius 2 is 2.20 bits per heavy atom. The maximum absolute atomic E-state index is 9.12. The Balaban J connectivity index is 2.11. The zero-order valence-corrected chi connectivity index (χ0v) is 11.6. The van der Waals surface area contributed by atoms with Crippen molar-refractivity contribution in [2.75, 3.05) is 0 Å². The first-order valence-corrected chi connectivity index (χ1v) is 6.73. The fourth-order valence-electron chi connectivity index (χ4n) is 2.55. The van der Waals surface area contributed by atoms with Crippen molar-refractivity contribution in [3.8, 4) is 17.3 Å². The van der Waals surface area contributed by atoms with Gasteiger partial charge in [-0.1, -0.05) is 25.1 Å². The molecule has 0 saturated heterocycles. The van der Waals surface area contributed by atoms with Crippen LogP contribution >= 0.6 is 0 Å². The molecule has 20 heavy (non-hydrogen) atoms. The molecule has 0 aliphatic heterocycles. The van der Waals surface area contributed by atoms with E-state index < -0.39 is 0 Å². The molecule has 0 radical (unpaired) electrons. The highest BCUT2D eigenvalue weighted by Crippen LogP contribution is 2.29. The summed E-state index contributed by atoms with van der Waals surface area (Å²) in [6.45, 7) is 1.99. The molecule has 4 nitrogen and oxygen atoms in total. The highest BCUT2D eigenvalue weighted by molar-refractivity contribution is 5.95. The van der Waals surface area contributed by atoms with Crippen molar-refractivity contribution in [1.29, 1.82) is 5.26 Å². The summed E-state index contributed by atoms with van der Waals surface area (Å²) in [7, 11) is 2.03. The van der Waals surface area contributed by atoms with Crippen LogP contribution in [0.15, 0.2) is 36.7 Å². The number of aromatic nitrogens is 3. The molecular formula is C16H16N4. The van der Waals surface area contributed by atoms with E-state index in [2.05, 4.69) is 38.9 Å². The van der Waals surface area contributed by atoms with E-state index in [0.717, 1.165) is 23.5 Å². The zero-order chi connectivity index (χ0) is 14.1. The van der Waals surface area contributed by atoms with Crippen molar-refractivity contribution in [3.63, 3.8) is 0 Å². The Kier molecular flexibility index (Phi) is 3.03. The summed E-state index contributed by atoms with van der Waals surface area (Å²) in [5.41, 5.74) is 3.27. The van der Waals surface area contributed by atoms with Crippen molar-refractivity contribution in [2.24, 2.45) is 7.05 Å². The average molecular weight is 264 g/mol. The first-order chi connectivity index (χ1) is 9.74. The van der Waals surface area contributed by atoms with Gasteiger partial charge < -0.3 is 9.55 Å². The number of hydrogen-bond acceptors (Lipinski definition) is 2. The number of H-pyrrole nitrogens is 1. The average Bonchev–Trinajstić information content (AvgIpc) is 3.06. The van der Waals surface area contributed by atoms with Gasteiger partial charge >= 0.3 is 0 Å².